The van der Waals surface area contributed by atoms with Gasteiger partial charge in [-0.25, -0.2) is 4.79 Å². The van der Waals surface area contributed by atoms with Crippen molar-refractivity contribution in [2.45, 2.75) is 37.8 Å². The van der Waals surface area contributed by atoms with Crippen LogP contribution in [0.3, 0.4) is 0 Å². The highest BCUT2D eigenvalue weighted by Gasteiger charge is 2.35. The molecule has 1 aromatic rings. The number of carbonyl (C=O) groups is 1. The Morgan fingerprint density at radius 3 is 2.55 bits per heavy atom. The van der Waals surface area contributed by atoms with Gasteiger partial charge in [0.05, 0.1) is 5.56 Å². The first kappa shape index (κ1) is 15.0. The van der Waals surface area contributed by atoms with E-state index in [4.69, 9.17) is 0 Å². The maximum absolute atomic E-state index is 11.2. The molecule has 2 rings (SSSR count). The third-order valence-corrected chi connectivity index (χ3v) is 4.50. The van der Waals surface area contributed by atoms with Crippen LogP contribution in [0.25, 0.3) is 0 Å². The van der Waals surface area contributed by atoms with E-state index in [1.54, 1.807) is 12.1 Å². The Morgan fingerprint density at radius 2 is 1.95 bits per heavy atom. The van der Waals surface area contributed by atoms with E-state index in [2.05, 4.69) is 24.3 Å². The molecule has 0 radical (unpaired) electrons. The van der Waals surface area contributed by atoms with Crippen molar-refractivity contribution in [3.63, 3.8) is 0 Å². The summed E-state index contributed by atoms with van der Waals surface area (Å²) >= 11 is 0. The molecule has 0 atom stereocenters. The number of aromatic carboxylic acids is 1. The summed E-state index contributed by atoms with van der Waals surface area (Å²) in [5.41, 5.74) is 1.48. The number of nitrogens with zero attached hydrogens (tertiary/aromatic N) is 1. The molecule has 1 aromatic carbocycles. The fourth-order valence-electron chi connectivity index (χ4n) is 3.13. The standard InChI is InChI=1S/C16H24N2O2/c1-18(2)16(9-5-6-10-16)12-17-11-13-7-3-4-8-14(13)15(19)20/h3-4,7-8,17H,5-6,9-12H2,1-2H3,(H,19,20). The summed E-state index contributed by atoms with van der Waals surface area (Å²) in [6.45, 7) is 1.52. The number of likely N-dealkylation sites (N-methyl/N-ethyl adjacent to an activating group) is 1. The number of nitrogens with one attached hydrogen (secondary N) is 1. The normalized spacial score (nSPS) is 17.6. The zero-order valence-corrected chi connectivity index (χ0v) is 12.4. The molecule has 4 nitrogen and oxygen atoms in total. The number of carboxylic acids is 1. The summed E-state index contributed by atoms with van der Waals surface area (Å²) in [4.78, 5) is 13.5. The van der Waals surface area contributed by atoms with Crippen molar-refractivity contribution < 1.29 is 9.90 Å². The predicted molar refractivity (Wildman–Crippen MR) is 80.0 cm³/mol. The summed E-state index contributed by atoms with van der Waals surface area (Å²) < 4.78 is 0. The third-order valence-electron chi connectivity index (χ3n) is 4.50. The Balaban J connectivity index is 1.97. The summed E-state index contributed by atoms with van der Waals surface area (Å²) in [7, 11) is 4.27. The van der Waals surface area contributed by atoms with Gasteiger partial charge in [-0.2, -0.15) is 0 Å². The Hall–Kier alpha value is -1.39. The van der Waals surface area contributed by atoms with Gasteiger partial charge in [0.2, 0.25) is 0 Å². The first-order chi connectivity index (χ1) is 9.55. The molecule has 0 heterocycles. The number of carboxylic acid groups (broad SMARTS) is 1. The fourth-order valence-corrected chi connectivity index (χ4v) is 3.13. The van der Waals surface area contributed by atoms with E-state index >= 15 is 0 Å². The molecule has 1 aliphatic carbocycles. The van der Waals surface area contributed by atoms with E-state index in [-0.39, 0.29) is 5.54 Å². The molecule has 0 aromatic heterocycles. The van der Waals surface area contributed by atoms with E-state index in [1.165, 1.54) is 25.7 Å². The summed E-state index contributed by atoms with van der Waals surface area (Å²) in [5, 5.41) is 12.6. The van der Waals surface area contributed by atoms with E-state index in [1.807, 2.05) is 12.1 Å². The molecule has 0 saturated heterocycles. The van der Waals surface area contributed by atoms with Gasteiger partial charge in [-0.15, -0.1) is 0 Å². The molecule has 1 fully saturated rings. The molecule has 1 aliphatic rings. The van der Waals surface area contributed by atoms with Gasteiger partial charge >= 0.3 is 5.97 Å². The van der Waals surface area contributed by atoms with Crippen LogP contribution >= 0.6 is 0 Å². The smallest absolute Gasteiger partial charge is 0.336 e. The minimum Gasteiger partial charge on any atom is -0.478 e. The van der Waals surface area contributed by atoms with Gasteiger partial charge in [-0.05, 0) is 38.6 Å². The zero-order valence-electron chi connectivity index (χ0n) is 12.4. The maximum atomic E-state index is 11.2. The molecule has 0 aliphatic heterocycles. The average molecular weight is 276 g/mol. The molecule has 0 bridgehead atoms. The van der Waals surface area contributed by atoms with Gasteiger partial charge < -0.3 is 15.3 Å². The van der Waals surface area contributed by atoms with Crippen molar-refractivity contribution >= 4 is 5.97 Å². The lowest BCUT2D eigenvalue weighted by molar-refractivity contribution is 0.0695. The quantitative estimate of drug-likeness (QED) is 0.837. The number of hydrogen-bond acceptors (Lipinski definition) is 3. The lowest BCUT2D eigenvalue weighted by Gasteiger charge is -2.36. The molecule has 0 amide bonds. The van der Waals surface area contributed by atoms with Gasteiger partial charge in [0.15, 0.2) is 0 Å². The topological polar surface area (TPSA) is 52.6 Å². The van der Waals surface area contributed by atoms with E-state index in [0.717, 1.165) is 12.1 Å². The van der Waals surface area contributed by atoms with E-state index in [0.29, 0.717) is 12.1 Å². The van der Waals surface area contributed by atoms with Gasteiger partial charge in [-0.1, -0.05) is 31.0 Å². The van der Waals surface area contributed by atoms with Crippen molar-refractivity contribution in [1.82, 2.24) is 10.2 Å². The van der Waals surface area contributed by atoms with E-state index in [9.17, 15) is 9.90 Å². The minimum atomic E-state index is -0.856. The second-order valence-electron chi connectivity index (χ2n) is 5.89. The van der Waals surface area contributed by atoms with Gasteiger partial charge in [0, 0.05) is 18.6 Å². The van der Waals surface area contributed by atoms with Crippen LogP contribution in [0.1, 0.15) is 41.6 Å². The lowest BCUT2D eigenvalue weighted by Crippen LogP contribution is -2.49. The van der Waals surface area contributed by atoms with Crippen molar-refractivity contribution in [2.24, 2.45) is 0 Å². The second-order valence-corrected chi connectivity index (χ2v) is 5.89. The monoisotopic (exact) mass is 276 g/mol. The molecule has 2 N–H and O–H groups in total. The molecule has 0 unspecified atom stereocenters. The first-order valence-electron chi connectivity index (χ1n) is 7.24. The fraction of sp³-hybridized carbons (Fsp3) is 0.562. The number of rotatable bonds is 6. The van der Waals surface area contributed by atoms with Crippen LogP contribution in [-0.4, -0.2) is 42.2 Å². The molecular weight excluding hydrogens is 252 g/mol. The van der Waals surface area contributed by atoms with Crippen LogP contribution < -0.4 is 5.32 Å². The van der Waals surface area contributed by atoms with Crippen LogP contribution in [0.2, 0.25) is 0 Å². The van der Waals surface area contributed by atoms with Crippen LogP contribution in [0.4, 0.5) is 0 Å². The van der Waals surface area contributed by atoms with Gasteiger partial charge in [0.1, 0.15) is 0 Å². The van der Waals surface area contributed by atoms with Crippen LogP contribution in [0.15, 0.2) is 24.3 Å². The Bertz CT molecular complexity index is 465. The molecule has 0 spiro atoms. The number of hydrogen-bond donors (Lipinski definition) is 2. The van der Waals surface area contributed by atoms with Crippen molar-refractivity contribution in [2.75, 3.05) is 20.6 Å². The van der Waals surface area contributed by atoms with Crippen molar-refractivity contribution in [3.8, 4) is 0 Å². The molecule has 20 heavy (non-hydrogen) atoms. The highest BCUT2D eigenvalue weighted by Crippen LogP contribution is 2.33. The Kier molecular flexibility index (Phi) is 4.78. The Morgan fingerprint density at radius 1 is 1.30 bits per heavy atom. The second kappa shape index (κ2) is 6.37. The summed E-state index contributed by atoms with van der Waals surface area (Å²) in [5.74, 6) is -0.856. The maximum Gasteiger partial charge on any atom is 0.336 e. The van der Waals surface area contributed by atoms with Crippen LogP contribution in [0, 0.1) is 0 Å². The molecule has 1 saturated carbocycles. The molecule has 4 heteroatoms. The largest absolute Gasteiger partial charge is 0.478 e. The number of benzene rings is 1. The predicted octanol–water partition coefficient (Wildman–Crippen LogP) is 2.35. The lowest BCUT2D eigenvalue weighted by atomic mass is 9.96. The van der Waals surface area contributed by atoms with Crippen LogP contribution in [0.5, 0.6) is 0 Å². The summed E-state index contributed by atoms with van der Waals surface area (Å²) in [6, 6.07) is 7.20. The first-order valence-corrected chi connectivity index (χ1v) is 7.24. The Labute approximate surface area is 120 Å². The summed E-state index contributed by atoms with van der Waals surface area (Å²) in [6.07, 6.45) is 5.00. The van der Waals surface area contributed by atoms with Gasteiger partial charge in [-0.3, -0.25) is 0 Å². The molecule has 110 valence electrons. The van der Waals surface area contributed by atoms with E-state index < -0.39 is 5.97 Å². The zero-order chi connectivity index (χ0) is 14.6. The molecular formula is C16H24N2O2. The SMILES string of the molecule is CN(C)C1(CNCc2ccccc2C(=O)O)CCCC1. The average Bonchev–Trinajstić information content (AvgIpc) is 2.89. The third kappa shape index (κ3) is 3.19. The highest BCUT2D eigenvalue weighted by atomic mass is 16.4. The van der Waals surface area contributed by atoms with Crippen molar-refractivity contribution in [3.05, 3.63) is 35.4 Å². The van der Waals surface area contributed by atoms with Gasteiger partial charge in [0.25, 0.3) is 0 Å². The van der Waals surface area contributed by atoms with Crippen molar-refractivity contribution in [1.29, 1.82) is 0 Å². The minimum absolute atomic E-state index is 0.234. The van der Waals surface area contributed by atoms with Crippen LogP contribution in [-0.2, 0) is 6.54 Å². The highest BCUT2D eigenvalue weighted by molar-refractivity contribution is 5.89.